The third kappa shape index (κ3) is 4.38. The van der Waals surface area contributed by atoms with Crippen LogP contribution in [0.25, 0.3) is 0 Å². The minimum Gasteiger partial charge on any atom is -0.377 e. The van der Waals surface area contributed by atoms with Crippen LogP contribution in [0, 0.1) is 5.92 Å². The highest BCUT2D eigenvalue weighted by molar-refractivity contribution is 4.98. The summed E-state index contributed by atoms with van der Waals surface area (Å²) in [5, 5.41) is 11.6. The van der Waals surface area contributed by atoms with Crippen molar-refractivity contribution in [2.45, 2.75) is 46.3 Å². The van der Waals surface area contributed by atoms with E-state index in [1.807, 2.05) is 20.2 Å². The molecule has 2 unspecified atom stereocenters. The number of likely N-dealkylation sites (N-methyl/N-ethyl adjacent to an activating group) is 1. The fourth-order valence-corrected chi connectivity index (χ4v) is 2.25. The van der Waals surface area contributed by atoms with E-state index in [1.165, 1.54) is 0 Å². The SMILES string of the molecule is CCNC(Cc1cn(C)nn1)C(OCC)C(C)C. The van der Waals surface area contributed by atoms with Crippen LogP contribution in [0.2, 0.25) is 0 Å². The third-order valence-corrected chi connectivity index (χ3v) is 2.96. The van der Waals surface area contributed by atoms with E-state index in [4.69, 9.17) is 4.74 Å². The second-order valence-electron chi connectivity index (χ2n) is 4.92. The predicted octanol–water partition coefficient (Wildman–Crippen LogP) is 1.40. The van der Waals surface area contributed by atoms with Crippen LogP contribution >= 0.6 is 0 Å². The Labute approximate surface area is 110 Å². The average molecular weight is 254 g/mol. The number of rotatable bonds is 8. The summed E-state index contributed by atoms with van der Waals surface area (Å²) in [5.41, 5.74) is 1.01. The van der Waals surface area contributed by atoms with Gasteiger partial charge in [0.15, 0.2) is 0 Å². The van der Waals surface area contributed by atoms with Gasteiger partial charge in [-0.15, -0.1) is 5.10 Å². The summed E-state index contributed by atoms with van der Waals surface area (Å²) in [7, 11) is 1.89. The maximum Gasteiger partial charge on any atom is 0.0843 e. The van der Waals surface area contributed by atoms with E-state index in [0.29, 0.717) is 5.92 Å². The Balaban J connectivity index is 2.72. The molecule has 0 saturated carbocycles. The van der Waals surface area contributed by atoms with Crippen LogP contribution in [0.4, 0.5) is 0 Å². The van der Waals surface area contributed by atoms with E-state index >= 15 is 0 Å². The lowest BCUT2D eigenvalue weighted by atomic mass is 9.96. The topological polar surface area (TPSA) is 52.0 Å². The maximum absolute atomic E-state index is 5.88. The summed E-state index contributed by atoms with van der Waals surface area (Å²) < 4.78 is 7.62. The largest absolute Gasteiger partial charge is 0.377 e. The van der Waals surface area contributed by atoms with Crippen LogP contribution in [0.3, 0.4) is 0 Å². The molecule has 0 spiro atoms. The highest BCUT2D eigenvalue weighted by atomic mass is 16.5. The van der Waals surface area contributed by atoms with Crippen molar-refractivity contribution in [3.63, 3.8) is 0 Å². The molecule has 0 aliphatic heterocycles. The fraction of sp³-hybridized carbons (Fsp3) is 0.846. The molecular weight excluding hydrogens is 228 g/mol. The van der Waals surface area contributed by atoms with Crippen LogP contribution in [0.5, 0.6) is 0 Å². The molecule has 0 saturated heterocycles. The molecule has 1 rings (SSSR count). The van der Waals surface area contributed by atoms with Gasteiger partial charge in [-0.2, -0.15) is 0 Å². The number of aryl methyl sites for hydroxylation is 1. The van der Waals surface area contributed by atoms with Gasteiger partial charge in [0, 0.05) is 32.3 Å². The van der Waals surface area contributed by atoms with Crippen molar-refractivity contribution in [1.82, 2.24) is 20.3 Å². The first-order valence-corrected chi connectivity index (χ1v) is 6.78. The quantitative estimate of drug-likeness (QED) is 0.762. The Morgan fingerprint density at radius 2 is 2.11 bits per heavy atom. The first-order chi connectivity index (χ1) is 8.58. The van der Waals surface area contributed by atoms with E-state index < -0.39 is 0 Å². The molecule has 1 heterocycles. The van der Waals surface area contributed by atoms with Crippen molar-refractivity contribution in [2.24, 2.45) is 13.0 Å². The van der Waals surface area contributed by atoms with E-state index in [1.54, 1.807) is 4.68 Å². The van der Waals surface area contributed by atoms with Crippen molar-refractivity contribution >= 4 is 0 Å². The Bertz CT molecular complexity index is 337. The lowest BCUT2D eigenvalue weighted by molar-refractivity contribution is 0.00374. The van der Waals surface area contributed by atoms with Crippen molar-refractivity contribution in [3.8, 4) is 0 Å². The molecule has 0 aliphatic carbocycles. The highest BCUT2D eigenvalue weighted by Crippen LogP contribution is 2.14. The maximum atomic E-state index is 5.88. The summed E-state index contributed by atoms with van der Waals surface area (Å²) in [6.45, 7) is 10.2. The van der Waals surface area contributed by atoms with E-state index in [-0.39, 0.29) is 12.1 Å². The minimum atomic E-state index is 0.206. The van der Waals surface area contributed by atoms with E-state index in [0.717, 1.165) is 25.3 Å². The molecular formula is C13H26N4O. The summed E-state index contributed by atoms with van der Waals surface area (Å²) in [6.07, 6.45) is 3.02. The van der Waals surface area contributed by atoms with Crippen LogP contribution in [-0.2, 0) is 18.2 Å². The van der Waals surface area contributed by atoms with Gasteiger partial charge < -0.3 is 10.1 Å². The van der Waals surface area contributed by atoms with Gasteiger partial charge in [0.05, 0.1) is 11.8 Å². The molecule has 0 bridgehead atoms. The van der Waals surface area contributed by atoms with Crippen molar-refractivity contribution in [1.29, 1.82) is 0 Å². The summed E-state index contributed by atoms with van der Waals surface area (Å²) in [5.74, 6) is 0.477. The van der Waals surface area contributed by atoms with Crippen molar-refractivity contribution in [3.05, 3.63) is 11.9 Å². The van der Waals surface area contributed by atoms with Gasteiger partial charge in [-0.05, 0) is 19.4 Å². The number of ether oxygens (including phenoxy) is 1. The number of aromatic nitrogens is 3. The number of hydrogen-bond acceptors (Lipinski definition) is 4. The number of nitrogens with zero attached hydrogens (tertiary/aromatic N) is 3. The number of hydrogen-bond donors (Lipinski definition) is 1. The third-order valence-electron chi connectivity index (χ3n) is 2.96. The minimum absolute atomic E-state index is 0.206. The van der Waals surface area contributed by atoms with Crippen LogP contribution in [0.1, 0.15) is 33.4 Å². The normalized spacial score (nSPS) is 15.0. The first-order valence-electron chi connectivity index (χ1n) is 6.78. The van der Waals surface area contributed by atoms with Gasteiger partial charge in [-0.25, -0.2) is 0 Å². The zero-order valence-corrected chi connectivity index (χ0v) is 12.2. The number of nitrogens with one attached hydrogen (secondary N) is 1. The van der Waals surface area contributed by atoms with Gasteiger partial charge in [-0.1, -0.05) is 26.0 Å². The van der Waals surface area contributed by atoms with Crippen LogP contribution < -0.4 is 5.32 Å². The van der Waals surface area contributed by atoms with E-state index in [9.17, 15) is 0 Å². The van der Waals surface area contributed by atoms with Gasteiger partial charge in [-0.3, -0.25) is 4.68 Å². The summed E-state index contributed by atoms with van der Waals surface area (Å²) in [4.78, 5) is 0. The molecule has 104 valence electrons. The molecule has 18 heavy (non-hydrogen) atoms. The van der Waals surface area contributed by atoms with Gasteiger partial charge in [0.1, 0.15) is 0 Å². The van der Waals surface area contributed by atoms with Gasteiger partial charge in [0.25, 0.3) is 0 Å². The zero-order chi connectivity index (χ0) is 13.5. The lowest BCUT2D eigenvalue weighted by Crippen LogP contribution is -2.45. The fourth-order valence-electron chi connectivity index (χ4n) is 2.25. The lowest BCUT2D eigenvalue weighted by Gasteiger charge is -2.30. The second kappa shape index (κ2) is 7.48. The molecule has 0 radical (unpaired) electrons. The first kappa shape index (κ1) is 15.1. The van der Waals surface area contributed by atoms with Crippen LogP contribution in [0.15, 0.2) is 6.20 Å². The molecule has 5 nitrogen and oxygen atoms in total. The predicted molar refractivity (Wildman–Crippen MR) is 72.4 cm³/mol. The summed E-state index contributed by atoms with van der Waals surface area (Å²) >= 11 is 0. The standard InChI is InChI=1S/C13H26N4O/c1-6-14-12(13(10(3)4)18-7-2)8-11-9-17(5)16-15-11/h9-10,12-14H,6-8H2,1-5H3. The summed E-state index contributed by atoms with van der Waals surface area (Å²) in [6, 6.07) is 0.284. The molecule has 0 amide bonds. The molecule has 1 N–H and O–H groups in total. The molecule has 0 fully saturated rings. The molecule has 0 aliphatic rings. The van der Waals surface area contributed by atoms with Gasteiger partial charge >= 0.3 is 0 Å². The second-order valence-corrected chi connectivity index (χ2v) is 4.92. The van der Waals surface area contributed by atoms with Crippen molar-refractivity contribution in [2.75, 3.05) is 13.2 Å². The van der Waals surface area contributed by atoms with Gasteiger partial charge in [0.2, 0.25) is 0 Å². The average Bonchev–Trinajstić information content (AvgIpc) is 2.71. The molecule has 2 atom stereocenters. The Hall–Kier alpha value is -0.940. The zero-order valence-electron chi connectivity index (χ0n) is 12.2. The monoisotopic (exact) mass is 254 g/mol. The van der Waals surface area contributed by atoms with Crippen molar-refractivity contribution < 1.29 is 4.74 Å². The Morgan fingerprint density at radius 1 is 1.39 bits per heavy atom. The Morgan fingerprint density at radius 3 is 2.56 bits per heavy atom. The highest BCUT2D eigenvalue weighted by Gasteiger charge is 2.25. The van der Waals surface area contributed by atoms with E-state index in [2.05, 4.69) is 36.4 Å². The molecule has 0 aromatic carbocycles. The smallest absolute Gasteiger partial charge is 0.0843 e. The Kier molecular flexibility index (Phi) is 6.29. The van der Waals surface area contributed by atoms with Crippen LogP contribution in [-0.4, -0.2) is 40.3 Å². The molecule has 1 aromatic heterocycles. The molecule has 1 aromatic rings. The molecule has 5 heteroatoms.